The quantitative estimate of drug-likeness (QED) is 0.832. The molecule has 0 aliphatic carbocycles. The van der Waals surface area contributed by atoms with Crippen LogP contribution in [0.3, 0.4) is 0 Å². The molecule has 5 nitrogen and oxygen atoms in total. The molecule has 148 valence electrons. The largest absolute Gasteiger partial charge is 0.351 e. The first kappa shape index (κ1) is 19.0. The summed E-state index contributed by atoms with van der Waals surface area (Å²) in [5.74, 6) is 0.595. The number of halogens is 1. The summed E-state index contributed by atoms with van der Waals surface area (Å²) in [5.41, 5.74) is 1.42. The number of hydrogen-bond donors (Lipinski definition) is 1. The van der Waals surface area contributed by atoms with Crippen LogP contribution in [-0.2, 0) is 17.9 Å². The Kier molecular flexibility index (Phi) is 5.15. The number of aromatic nitrogens is 2. The molecular weight excluding hydrogens is 355 g/mol. The molecular formula is C22H27FN4O. The molecule has 3 heterocycles. The Morgan fingerprint density at radius 3 is 2.96 bits per heavy atom. The molecule has 0 unspecified atom stereocenters. The van der Waals surface area contributed by atoms with Gasteiger partial charge in [-0.05, 0) is 56.4 Å². The van der Waals surface area contributed by atoms with E-state index in [4.69, 9.17) is 0 Å². The SMILES string of the molecule is CC[C@@]1(C(=O)NCc2cccc(F)c2)C[C@@H]2CC[C@H]1N2Cc1ccnc(C)n1. The number of hydrogen-bond acceptors (Lipinski definition) is 4. The van der Waals surface area contributed by atoms with Crippen LogP contribution in [0.2, 0.25) is 0 Å². The Bertz CT molecular complexity index is 873. The molecule has 2 saturated heterocycles. The summed E-state index contributed by atoms with van der Waals surface area (Å²) >= 11 is 0. The molecule has 2 aliphatic heterocycles. The zero-order valence-corrected chi connectivity index (χ0v) is 16.5. The first-order chi connectivity index (χ1) is 13.5. The van der Waals surface area contributed by atoms with Gasteiger partial charge in [0, 0.05) is 31.4 Å². The molecule has 0 saturated carbocycles. The van der Waals surface area contributed by atoms with Crippen LogP contribution in [-0.4, -0.2) is 32.9 Å². The van der Waals surface area contributed by atoms with Gasteiger partial charge >= 0.3 is 0 Å². The van der Waals surface area contributed by atoms with Crippen molar-refractivity contribution in [1.82, 2.24) is 20.2 Å². The average molecular weight is 382 g/mol. The fraction of sp³-hybridized carbons (Fsp3) is 0.500. The third-order valence-electron chi connectivity index (χ3n) is 6.48. The monoisotopic (exact) mass is 382 g/mol. The molecule has 4 rings (SSSR count). The van der Waals surface area contributed by atoms with Crippen molar-refractivity contribution in [2.24, 2.45) is 5.41 Å². The molecule has 28 heavy (non-hydrogen) atoms. The first-order valence-corrected chi connectivity index (χ1v) is 10.1. The van der Waals surface area contributed by atoms with E-state index in [1.54, 1.807) is 12.3 Å². The topological polar surface area (TPSA) is 58.1 Å². The van der Waals surface area contributed by atoms with Gasteiger partial charge in [-0.25, -0.2) is 14.4 Å². The molecule has 2 fully saturated rings. The number of carbonyl (C=O) groups excluding carboxylic acids is 1. The van der Waals surface area contributed by atoms with Gasteiger partial charge in [-0.3, -0.25) is 9.69 Å². The van der Waals surface area contributed by atoms with Gasteiger partial charge in [0.1, 0.15) is 11.6 Å². The predicted octanol–water partition coefficient (Wildman–Crippen LogP) is 3.37. The third kappa shape index (κ3) is 3.41. The van der Waals surface area contributed by atoms with Gasteiger partial charge in [0.15, 0.2) is 0 Å². The summed E-state index contributed by atoms with van der Waals surface area (Å²) < 4.78 is 13.4. The molecule has 2 bridgehead atoms. The van der Waals surface area contributed by atoms with Gasteiger partial charge in [0.25, 0.3) is 0 Å². The standard InChI is InChI=1S/C22H27FN4O/c1-3-22(21(28)25-13-16-5-4-6-17(23)11-16)12-19-7-8-20(22)27(19)14-18-9-10-24-15(2)26-18/h4-6,9-11,19-20H,3,7-8,12-14H2,1-2H3,(H,25,28)/t19-,20+,22+/m0/s1. The lowest BCUT2D eigenvalue weighted by molar-refractivity contribution is -0.133. The second-order valence-corrected chi connectivity index (χ2v) is 8.04. The van der Waals surface area contributed by atoms with E-state index in [0.29, 0.717) is 12.6 Å². The van der Waals surface area contributed by atoms with Gasteiger partial charge in [0.05, 0.1) is 11.1 Å². The molecule has 1 aromatic heterocycles. The maximum atomic E-state index is 13.4. The van der Waals surface area contributed by atoms with Crippen LogP contribution in [0.5, 0.6) is 0 Å². The Labute approximate surface area is 165 Å². The fourth-order valence-electron chi connectivity index (χ4n) is 5.12. The van der Waals surface area contributed by atoms with Crippen LogP contribution in [0.15, 0.2) is 36.5 Å². The molecule has 2 aromatic rings. The first-order valence-electron chi connectivity index (χ1n) is 10.1. The summed E-state index contributed by atoms with van der Waals surface area (Å²) in [6.07, 6.45) is 5.66. The van der Waals surface area contributed by atoms with Crippen molar-refractivity contribution in [1.29, 1.82) is 0 Å². The van der Waals surface area contributed by atoms with Crippen molar-refractivity contribution in [3.63, 3.8) is 0 Å². The summed E-state index contributed by atoms with van der Waals surface area (Å²) in [6.45, 7) is 5.13. The number of rotatable bonds is 6. The van der Waals surface area contributed by atoms with Gasteiger partial charge < -0.3 is 5.32 Å². The molecule has 0 radical (unpaired) electrons. The Morgan fingerprint density at radius 2 is 2.21 bits per heavy atom. The van der Waals surface area contributed by atoms with Crippen LogP contribution >= 0.6 is 0 Å². The minimum Gasteiger partial charge on any atom is -0.351 e. The van der Waals surface area contributed by atoms with Gasteiger partial charge in [-0.15, -0.1) is 0 Å². The van der Waals surface area contributed by atoms with Crippen molar-refractivity contribution >= 4 is 5.91 Å². The predicted molar refractivity (Wildman–Crippen MR) is 105 cm³/mol. The van der Waals surface area contributed by atoms with Gasteiger partial charge in [-0.2, -0.15) is 0 Å². The average Bonchev–Trinajstić information content (AvgIpc) is 3.21. The summed E-state index contributed by atoms with van der Waals surface area (Å²) in [4.78, 5) is 24.4. The fourth-order valence-corrected chi connectivity index (χ4v) is 5.12. The van der Waals surface area contributed by atoms with E-state index in [0.717, 1.165) is 49.3 Å². The lowest BCUT2D eigenvalue weighted by atomic mass is 9.71. The highest BCUT2D eigenvalue weighted by Gasteiger charge is 2.58. The Balaban J connectivity index is 1.48. The number of fused-ring (bicyclic) bond motifs is 2. The Hall–Kier alpha value is -2.34. The second-order valence-electron chi connectivity index (χ2n) is 8.04. The lowest BCUT2D eigenvalue weighted by Gasteiger charge is -2.35. The van der Waals surface area contributed by atoms with Gasteiger partial charge in [-0.1, -0.05) is 19.1 Å². The van der Waals surface area contributed by atoms with E-state index >= 15 is 0 Å². The summed E-state index contributed by atoms with van der Waals surface area (Å²) in [6, 6.07) is 9.01. The van der Waals surface area contributed by atoms with Crippen molar-refractivity contribution in [2.75, 3.05) is 0 Å². The second kappa shape index (κ2) is 7.59. The minimum absolute atomic E-state index is 0.0929. The van der Waals surface area contributed by atoms with Crippen molar-refractivity contribution in [3.05, 3.63) is 59.4 Å². The Morgan fingerprint density at radius 1 is 1.36 bits per heavy atom. The minimum atomic E-state index is -0.377. The normalized spacial score (nSPS) is 26.5. The molecule has 1 aromatic carbocycles. The van der Waals surface area contributed by atoms with Crippen LogP contribution in [0.1, 0.15) is 49.7 Å². The smallest absolute Gasteiger partial charge is 0.228 e. The number of nitrogens with one attached hydrogen (secondary N) is 1. The number of benzene rings is 1. The number of amides is 1. The van der Waals surface area contributed by atoms with Crippen LogP contribution in [0.4, 0.5) is 4.39 Å². The van der Waals surface area contributed by atoms with Crippen molar-refractivity contribution < 1.29 is 9.18 Å². The maximum absolute atomic E-state index is 13.4. The zero-order valence-electron chi connectivity index (χ0n) is 16.5. The van der Waals surface area contributed by atoms with E-state index in [-0.39, 0.29) is 23.2 Å². The number of aryl methyl sites for hydroxylation is 1. The molecule has 1 N–H and O–H groups in total. The molecule has 1 amide bonds. The number of nitrogens with zero attached hydrogens (tertiary/aromatic N) is 3. The zero-order chi connectivity index (χ0) is 19.7. The highest BCUT2D eigenvalue weighted by Crippen LogP contribution is 2.52. The van der Waals surface area contributed by atoms with Crippen LogP contribution in [0, 0.1) is 18.2 Å². The molecule has 0 spiro atoms. The lowest BCUT2D eigenvalue weighted by Crippen LogP contribution is -2.48. The highest BCUT2D eigenvalue weighted by atomic mass is 19.1. The van der Waals surface area contributed by atoms with E-state index in [1.165, 1.54) is 12.1 Å². The van der Waals surface area contributed by atoms with E-state index in [2.05, 4.69) is 27.1 Å². The highest BCUT2D eigenvalue weighted by molar-refractivity contribution is 5.84. The molecule has 3 atom stereocenters. The van der Waals surface area contributed by atoms with Crippen LogP contribution in [0.25, 0.3) is 0 Å². The van der Waals surface area contributed by atoms with Gasteiger partial charge in [0.2, 0.25) is 5.91 Å². The van der Waals surface area contributed by atoms with E-state index in [9.17, 15) is 9.18 Å². The maximum Gasteiger partial charge on any atom is 0.228 e. The molecule has 6 heteroatoms. The molecule has 2 aliphatic rings. The number of carbonyl (C=O) groups is 1. The van der Waals surface area contributed by atoms with Crippen molar-refractivity contribution in [3.8, 4) is 0 Å². The third-order valence-corrected chi connectivity index (χ3v) is 6.48. The van der Waals surface area contributed by atoms with Crippen LogP contribution < -0.4 is 5.32 Å². The van der Waals surface area contributed by atoms with E-state index < -0.39 is 0 Å². The van der Waals surface area contributed by atoms with E-state index in [1.807, 2.05) is 19.1 Å². The van der Waals surface area contributed by atoms with Crippen molar-refractivity contribution in [2.45, 2.75) is 64.7 Å². The summed E-state index contributed by atoms with van der Waals surface area (Å²) in [5, 5.41) is 3.08. The summed E-state index contributed by atoms with van der Waals surface area (Å²) in [7, 11) is 0.